The van der Waals surface area contributed by atoms with Crippen LogP contribution in [0.15, 0.2) is 54.6 Å². The molecular formula is C24H21Cl2FO5. The highest BCUT2D eigenvalue weighted by molar-refractivity contribution is 6.36. The predicted molar refractivity (Wildman–Crippen MR) is 121 cm³/mol. The molecule has 3 aromatic carbocycles. The smallest absolute Gasteiger partial charge is 0.341 e. The number of halogens is 3. The van der Waals surface area contributed by atoms with E-state index >= 15 is 0 Å². The predicted octanol–water partition coefficient (Wildman–Crippen LogP) is 5.67. The molecule has 168 valence electrons. The lowest BCUT2D eigenvalue weighted by Gasteiger charge is -2.20. The Morgan fingerprint density at radius 2 is 1.72 bits per heavy atom. The summed E-state index contributed by atoms with van der Waals surface area (Å²) in [6.45, 7) is -0.211. The van der Waals surface area contributed by atoms with Crippen molar-refractivity contribution in [2.45, 2.75) is 12.3 Å². The normalized spacial score (nSPS) is 11.9. The first-order valence-electron chi connectivity index (χ1n) is 9.67. The Hall–Kier alpha value is -2.80. The van der Waals surface area contributed by atoms with E-state index in [-0.39, 0.29) is 23.2 Å². The lowest BCUT2D eigenvalue weighted by molar-refractivity contribution is -0.139. The van der Waals surface area contributed by atoms with E-state index in [1.54, 1.807) is 31.4 Å². The molecule has 0 aliphatic rings. The van der Waals surface area contributed by atoms with E-state index in [9.17, 15) is 14.3 Å². The number of aliphatic carboxylic acids is 1. The first-order chi connectivity index (χ1) is 15.3. The third kappa shape index (κ3) is 5.91. The summed E-state index contributed by atoms with van der Waals surface area (Å²) in [7, 11) is 1.56. The number of rotatable bonds is 9. The maximum absolute atomic E-state index is 13.4. The second-order valence-corrected chi connectivity index (χ2v) is 7.99. The Morgan fingerprint density at radius 3 is 2.31 bits per heavy atom. The molecule has 0 amide bonds. The molecule has 0 saturated carbocycles. The van der Waals surface area contributed by atoms with E-state index < -0.39 is 12.6 Å². The summed E-state index contributed by atoms with van der Waals surface area (Å²) in [5, 5.41) is 19.9. The van der Waals surface area contributed by atoms with Crippen LogP contribution in [0.3, 0.4) is 0 Å². The zero-order chi connectivity index (χ0) is 23.3. The highest BCUT2D eigenvalue weighted by Gasteiger charge is 2.19. The van der Waals surface area contributed by atoms with Gasteiger partial charge in [0.25, 0.3) is 0 Å². The Morgan fingerprint density at radius 1 is 1.06 bits per heavy atom. The van der Waals surface area contributed by atoms with Gasteiger partial charge in [0, 0.05) is 35.1 Å². The van der Waals surface area contributed by atoms with Crippen molar-refractivity contribution in [3.05, 3.63) is 92.7 Å². The van der Waals surface area contributed by atoms with Gasteiger partial charge >= 0.3 is 5.97 Å². The molecule has 1 unspecified atom stereocenters. The molecule has 0 bridgehead atoms. The van der Waals surface area contributed by atoms with E-state index in [1.165, 1.54) is 24.3 Å². The molecule has 0 fully saturated rings. The highest BCUT2D eigenvalue weighted by atomic mass is 35.5. The summed E-state index contributed by atoms with van der Waals surface area (Å²) >= 11 is 12.8. The van der Waals surface area contributed by atoms with Gasteiger partial charge in [-0.15, -0.1) is 0 Å². The number of methoxy groups -OCH3 is 1. The summed E-state index contributed by atoms with van der Waals surface area (Å²) in [6, 6.07) is 14.3. The lowest BCUT2D eigenvalue weighted by Crippen LogP contribution is -2.10. The SMILES string of the molecule is COCC(c1ccc(F)cc1)c1cc(Cc2c(Cl)cc(OCC(=O)O)cc2Cl)ccc1O. The molecule has 3 aromatic rings. The Balaban J connectivity index is 1.91. The van der Waals surface area contributed by atoms with E-state index in [1.807, 2.05) is 6.07 Å². The standard InChI is InChI=1S/C24H21Cl2FO5/c1-31-12-20(15-3-5-16(27)6-4-15)18-8-14(2-7-23(18)28)9-19-21(25)10-17(11-22(19)26)32-13-24(29)30/h2-8,10-11,20,28H,9,12-13H2,1H3,(H,29,30). The summed E-state index contributed by atoms with van der Waals surface area (Å²) in [5.74, 6) is -1.41. The molecule has 8 heteroatoms. The minimum absolute atomic E-state index is 0.0923. The second kappa shape index (κ2) is 10.7. The second-order valence-electron chi connectivity index (χ2n) is 7.18. The molecule has 0 aliphatic carbocycles. The van der Waals surface area contributed by atoms with Gasteiger partial charge in [0.1, 0.15) is 17.3 Å². The molecule has 0 radical (unpaired) electrons. The average Bonchev–Trinajstić information content (AvgIpc) is 2.75. The number of phenols is 1. The number of carboxylic acids is 1. The largest absolute Gasteiger partial charge is 0.508 e. The van der Waals surface area contributed by atoms with Gasteiger partial charge in [0.2, 0.25) is 0 Å². The fourth-order valence-electron chi connectivity index (χ4n) is 3.40. The Bertz CT molecular complexity index is 1080. The zero-order valence-electron chi connectivity index (χ0n) is 17.1. The summed E-state index contributed by atoms with van der Waals surface area (Å²) in [6.07, 6.45) is 0.368. The molecule has 0 spiro atoms. The lowest BCUT2D eigenvalue weighted by atomic mass is 9.89. The van der Waals surface area contributed by atoms with Crippen molar-refractivity contribution in [3.63, 3.8) is 0 Å². The van der Waals surface area contributed by atoms with Gasteiger partial charge in [0.15, 0.2) is 6.61 Å². The van der Waals surface area contributed by atoms with Crippen LogP contribution in [0, 0.1) is 5.82 Å². The Kier molecular flexibility index (Phi) is 7.96. The average molecular weight is 479 g/mol. The fourth-order valence-corrected chi connectivity index (χ4v) is 4.00. The van der Waals surface area contributed by atoms with E-state index in [0.717, 1.165) is 11.1 Å². The van der Waals surface area contributed by atoms with Gasteiger partial charge in [-0.2, -0.15) is 0 Å². The first-order valence-corrected chi connectivity index (χ1v) is 10.4. The van der Waals surface area contributed by atoms with E-state index in [2.05, 4.69) is 0 Å². The van der Waals surface area contributed by atoms with Gasteiger partial charge in [-0.1, -0.05) is 47.5 Å². The molecule has 2 N–H and O–H groups in total. The van der Waals surface area contributed by atoms with Gasteiger partial charge in [-0.05, 0) is 47.0 Å². The van der Waals surface area contributed by atoms with Crippen LogP contribution in [0.4, 0.5) is 4.39 Å². The molecule has 1 atom stereocenters. The maximum atomic E-state index is 13.4. The quantitative estimate of drug-likeness (QED) is 0.414. The molecule has 0 heterocycles. The van der Waals surface area contributed by atoms with Gasteiger partial charge in [0.05, 0.1) is 6.61 Å². The van der Waals surface area contributed by atoms with Gasteiger partial charge < -0.3 is 19.7 Å². The summed E-state index contributed by atoms with van der Waals surface area (Å²) in [4.78, 5) is 10.7. The molecule has 0 aromatic heterocycles. The van der Waals surface area contributed by atoms with Crippen molar-refractivity contribution in [3.8, 4) is 11.5 Å². The minimum atomic E-state index is -1.11. The third-order valence-electron chi connectivity index (χ3n) is 4.93. The fraction of sp³-hybridized carbons (Fsp3) is 0.208. The molecule has 0 saturated heterocycles. The monoisotopic (exact) mass is 478 g/mol. The van der Waals surface area contributed by atoms with Crippen molar-refractivity contribution in [2.75, 3.05) is 20.3 Å². The first kappa shape index (κ1) is 23.9. The van der Waals surface area contributed by atoms with E-state index in [4.69, 9.17) is 37.8 Å². The van der Waals surface area contributed by atoms with Gasteiger partial charge in [-0.25, -0.2) is 9.18 Å². The number of ether oxygens (including phenoxy) is 2. The summed E-state index contributed by atoms with van der Waals surface area (Å²) in [5.41, 5.74) is 2.91. The van der Waals surface area contributed by atoms with Crippen molar-refractivity contribution in [1.82, 2.24) is 0 Å². The maximum Gasteiger partial charge on any atom is 0.341 e. The van der Waals surface area contributed by atoms with Crippen LogP contribution < -0.4 is 4.74 Å². The van der Waals surface area contributed by atoms with Crippen LogP contribution in [0.2, 0.25) is 10.0 Å². The third-order valence-corrected chi connectivity index (χ3v) is 5.61. The number of phenolic OH excluding ortho intramolecular Hbond substituents is 1. The molecular weight excluding hydrogens is 458 g/mol. The van der Waals surface area contributed by atoms with Crippen LogP contribution in [-0.2, 0) is 16.0 Å². The van der Waals surface area contributed by atoms with Crippen LogP contribution in [0.1, 0.15) is 28.2 Å². The number of carboxylic acid groups (broad SMARTS) is 1. The highest BCUT2D eigenvalue weighted by Crippen LogP contribution is 2.36. The molecule has 3 rings (SSSR count). The topological polar surface area (TPSA) is 76.0 Å². The molecule has 0 aliphatic heterocycles. The van der Waals surface area contributed by atoms with Crippen molar-refractivity contribution < 1.29 is 28.9 Å². The number of hydrogen-bond acceptors (Lipinski definition) is 4. The minimum Gasteiger partial charge on any atom is -0.508 e. The molecule has 5 nitrogen and oxygen atoms in total. The number of carbonyl (C=O) groups is 1. The van der Waals surface area contributed by atoms with Crippen LogP contribution in [0.25, 0.3) is 0 Å². The zero-order valence-corrected chi connectivity index (χ0v) is 18.7. The van der Waals surface area contributed by atoms with Crippen molar-refractivity contribution in [2.24, 2.45) is 0 Å². The van der Waals surface area contributed by atoms with Crippen molar-refractivity contribution >= 4 is 29.2 Å². The molecule has 32 heavy (non-hydrogen) atoms. The number of aromatic hydroxyl groups is 1. The van der Waals surface area contributed by atoms with Crippen LogP contribution in [0.5, 0.6) is 11.5 Å². The summed E-state index contributed by atoms with van der Waals surface area (Å²) < 4.78 is 23.9. The number of benzene rings is 3. The van der Waals surface area contributed by atoms with Crippen molar-refractivity contribution in [1.29, 1.82) is 0 Å². The van der Waals surface area contributed by atoms with E-state index in [0.29, 0.717) is 34.2 Å². The van der Waals surface area contributed by atoms with Crippen LogP contribution >= 0.6 is 23.2 Å². The Labute approximate surface area is 194 Å². The van der Waals surface area contributed by atoms with Gasteiger partial charge in [-0.3, -0.25) is 0 Å². The number of hydrogen-bond donors (Lipinski definition) is 2. The van der Waals surface area contributed by atoms with Crippen LogP contribution in [-0.4, -0.2) is 36.5 Å².